The van der Waals surface area contributed by atoms with E-state index in [1.807, 2.05) is 0 Å². The SMILES string of the molecule is COC(=O)c1cc(F)ccc1OCC(N)C(F)(F)F.Cl. The monoisotopic (exact) mass is 317 g/mol. The number of carbonyl (C=O) groups is 1. The van der Waals surface area contributed by atoms with Gasteiger partial charge in [0.05, 0.1) is 7.11 Å². The van der Waals surface area contributed by atoms with Crippen LogP contribution in [0.3, 0.4) is 0 Å². The number of nitrogens with two attached hydrogens (primary N) is 1. The van der Waals surface area contributed by atoms with Gasteiger partial charge in [0.15, 0.2) is 0 Å². The second-order valence-electron chi connectivity index (χ2n) is 3.59. The van der Waals surface area contributed by atoms with Crippen LogP contribution in [-0.2, 0) is 4.74 Å². The zero-order valence-electron chi connectivity index (χ0n) is 10.2. The van der Waals surface area contributed by atoms with Crippen LogP contribution >= 0.6 is 12.4 Å². The van der Waals surface area contributed by atoms with Crippen LogP contribution in [0.15, 0.2) is 18.2 Å². The van der Waals surface area contributed by atoms with Crippen molar-refractivity contribution < 1.29 is 31.8 Å². The molecule has 0 radical (unpaired) electrons. The smallest absolute Gasteiger partial charge is 0.406 e. The van der Waals surface area contributed by atoms with Crippen molar-refractivity contribution in [3.05, 3.63) is 29.6 Å². The zero-order chi connectivity index (χ0) is 14.6. The van der Waals surface area contributed by atoms with E-state index in [2.05, 4.69) is 4.74 Å². The van der Waals surface area contributed by atoms with Gasteiger partial charge in [0, 0.05) is 0 Å². The maximum atomic E-state index is 13.0. The van der Waals surface area contributed by atoms with E-state index >= 15 is 0 Å². The van der Waals surface area contributed by atoms with Crippen LogP contribution in [0.4, 0.5) is 17.6 Å². The van der Waals surface area contributed by atoms with Crippen LogP contribution in [-0.4, -0.2) is 31.9 Å². The molecular formula is C11H12ClF4NO3. The summed E-state index contributed by atoms with van der Waals surface area (Å²) in [4.78, 5) is 11.3. The van der Waals surface area contributed by atoms with Gasteiger partial charge in [0.1, 0.15) is 29.8 Å². The minimum Gasteiger partial charge on any atom is -0.491 e. The molecule has 1 aromatic rings. The normalized spacial score (nSPS) is 12.3. The molecule has 0 spiro atoms. The van der Waals surface area contributed by atoms with Crippen LogP contribution in [0.25, 0.3) is 0 Å². The van der Waals surface area contributed by atoms with E-state index in [0.717, 1.165) is 25.3 Å². The van der Waals surface area contributed by atoms with E-state index in [0.29, 0.717) is 0 Å². The summed E-state index contributed by atoms with van der Waals surface area (Å²) in [6, 6.07) is 0.578. The van der Waals surface area contributed by atoms with Gasteiger partial charge in [0.25, 0.3) is 0 Å². The average molecular weight is 318 g/mol. The first kappa shape index (κ1) is 18.5. The molecule has 0 aliphatic rings. The molecule has 114 valence electrons. The van der Waals surface area contributed by atoms with Crippen molar-refractivity contribution >= 4 is 18.4 Å². The predicted octanol–water partition coefficient (Wildman–Crippen LogP) is 2.30. The van der Waals surface area contributed by atoms with Crippen LogP contribution in [0.5, 0.6) is 5.75 Å². The fraction of sp³-hybridized carbons (Fsp3) is 0.364. The number of methoxy groups -OCH3 is 1. The Bertz CT molecular complexity index is 467. The number of carbonyl (C=O) groups excluding carboxylic acids is 1. The molecule has 0 amide bonds. The Morgan fingerprint density at radius 3 is 2.50 bits per heavy atom. The summed E-state index contributed by atoms with van der Waals surface area (Å²) >= 11 is 0. The summed E-state index contributed by atoms with van der Waals surface area (Å²) in [6.45, 7) is -0.890. The van der Waals surface area contributed by atoms with Crippen LogP contribution in [0, 0.1) is 5.82 Å². The molecule has 0 saturated heterocycles. The molecule has 0 fully saturated rings. The Balaban J connectivity index is 0.00000361. The number of halogens is 5. The number of alkyl halides is 3. The molecule has 1 atom stereocenters. The highest BCUT2D eigenvalue weighted by Crippen LogP contribution is 2.23. The molecule has 0 aromatic heterocycles. The second-order valence-corrected chi connectivity index (χ2v) is 3.59. The third-order valence-corrected chi connectivity index (χ3v) is 2.19. The molecule has 2 N–H and O–H groups in total. The molecule has 1 rings (SSSR count). The van der Waals surface area contributed by atoms with Crippen molar-refractivity contribution in [1.82, 2.24) is 0 Å². The molecule has 4 nitrogen and oxygen atoms in total. The molecule has 9 heteroatoms. The lowest BCUT2D eigenvalue weighted by Crippen LogP contribution is -2.42. The van der Waals surface area contributed by atoms with Gasteiger partial charge in [-0.2, -0.15) is 13.2 Å². The van der Waals surface area contributed by atoms with Crippen molar-refractivity contribution in [2.45, 2.75) is 12.2 Å². The quantitative estimate of drug-likeness (QED) is 0.684. The van der Waals surface area contributed by atoms with Crippen molar-refractivity contribution in [2.75, 3.05) is 13.7 Å². The van der Waals surface area contributed by atoms with E-state index in [9.17, 15) is 22.4 Å². The second kappa shape index (κ2) is 7.30. The Morgan fingerprint density at radius 1 is 1.40 bits per heavy atom. The fourth-order valence-electron chi connectivity index (χ4n) is 1.17. The summed E-state index contributed by atoms with van der Waals surface area (Å²) in [7, 11) is 1.05. The highest BCUT2D eigenvalue weighted by molar-refractivity contribution is 5.92. The van der Waals surface area contributed by atoms with E-state index < -0.39 is 30.6 Å². The van der Waals surface area contributed by atoms with Crippen LogP contribution in [0.1, 0.15) is 10.4 Å². The third kappa shape index (κ3) is 4.86. The summed E-state index contributed by atoms with van der Waals surface area (Å²) < 4.78 is 58.7. The van der Waals surface area contributed by atoms with Gasteiger partial charge in [-0.25, -0.2) is 9.18 Å². The minimum absolute atomic E-state index is 0. The number of rotatable bonds is 4. The van der Waals surface area contributed by atoms with Gasteiger partial charge < -0.3 is 15.2 Å². The average Bonchev–Trinajstić information content (AvgIpc) is 2.34. The third-order valence-electron chi connectivity index (χ3n) is 2.19. The van der Waals surface area contributed by atoms with E-state index in [1.165, 1.54) is 0 Å². The largest absolute Gasteiger partial charge is 0.491 e. The van der Waals surface area contributed by atoms with E-state index in [-0.39, 0.29) is 23.7 Å². The molecule has 0 bridgehead atoms. The lowest BCUT2D eigenvalue weighted by atomic mass is 10.2. The minimum atomic E-state index is -4.62. The van der Waals surface area contributed by atoms with Gasteiger partial charge in [-0.15, -0.1) is 12.4 Å². The van der Waals surface area contributed by atoms with E-state index in [1.54, 1.807) is 0 Å². The molecule has 0 saturated carbocycles. The molecule has 20 heavy (non-hydrogen) atoms. The Labute approximate surface area is 118 Å². The van der Waals surface area contributed by atoms with Gasteiger partial charge in [-0.3, -0.25) is 0 Å². The van der Waals surface area contributed by atoms with Gasteiger partial charge in [0.2, 0.25) is 0 Å². The van der Waals surface area contributed by atoms with Crippen molar-refractivity contribution in [1.29, 1.82) is 0 Å². The van der Waals surface area contributed by atoms with Crippen molar-refractivity contribution in [3.63, 3.8) is 0 Å². The first-order chi connectivity index (χ1) is 8.75. The molecule has 0 heterocycles. The molecular weight excluding hydrogens is 306 g/mol. The summed E-state index contributed by atoms with van der Waals surface area (Å²) in [5, 5.41) is 0. The summed E-state index contributed by atoms with van der Waals surface area (Å²) in [5.74, 6) is -1.89. The van der Waals surface area contributed by atoms with Crippen LogP contribution in [0.2, 0.25) is 0 Å². The standard InChI is InChI=1S/C11H11F4NO3.ClH/c1-18-10(17)7-4-6(12)2-3-8(7)19-5-9(16)11(13,14)15;/h2-4,9H,5,16H2,1H3;1H. The number of benzene rings is 1. The zero-order valence-corrected chi connectivity index (χ0v) is 11.1. The highest BCUT2D eigenvalue weighted by atomic mass is 35.5. The first-order valence-corrected chi connectivity index (χ1v) is 5.08. The predicted molar refractivity (Wildman–Crippen MR) is 64.5 cm³/mol. The van der Waals surface area contributed by atoms with Crippen LogP contribution < -0.4 is 10.5 Å². The maximum absolute atomic E-state index is 13.0. The topological polar surface area (TPSA) is 61.5 Å². The fourth-order valence-corrected chi connectivity index (χ4v) is 1.17. The summed E-state index contributed by atoms with van der Waals surface area (Å²) in [5.41, 5.74) is 4.54. The Kier molecular flexibility index (Phi) is 6.74. The van der Waals surface area contributed by atoms with Gasteiger partial charge in [-0.1, -0.05) is 0 Å². The Hall–Kier alpha value is -1.54. The van der Waals surface area contributed by atoms with Gasteiger partial charge in [-0.05, 0) is 18.2 Å². The lowest BCUT2D eigenvalue weighted by molar-refractivity contribution is -0.153. The lowest BCUT2D eigenvalue weighted by Gasteiger charge is -2.17. The Morgan fingerprint density at radius 2 is 2.00 bits per heavy atom. The van der Waals surface area contributed by atoms with Gasteiger partial charge >= 0.3 is 12.1 Å². The number of hydrogen-bond acceptors (Lipinski definition) is 4. The maximum Gasteiger partial charge on any atom is 0.406 e. The molecule has 1 unspecified atom stereocenters. The number of hydrogen-bond donors (Lipinski definition) is 1. The molecule has 1 aromatic carbocycles. The number of ether oxygens (including phenoxy) is 2. The molecule has 0 aliphatic carbocycles. The first-order valence-electron chi connectivity index (χ1n) is 5.08. The number of esters is 1. The van der Waals surface area contributed by atoms with Crippen molar-refractivity contribution in [2.24, 2.45) is 5.73 Å². The molecule has 0 aliphatic heterocycles. The summed E-state index contributed by atoms with van der Waals surface area (Å²) in [6.07, 6.45) is -4.62. The van der Waals surface area contributed by atoms with E-state index in [4.69, 9.17) is 10.5 Å². The highest BCUT2D eigenvalue weighted by Gasteiger charge is 2.37. The van der Waals surface area contributed by atoms with Crippen molar-refractivity contribution in [3.8, 4) is 5.75 Å².